The van der Waals surface area contributed by atoms with Crippen molar-refractivity contribution in [1.29, 1.82) is 0 Å². The molecule has 2 fully saturated rings. The number of hydrogen-bond acceptors (Lipinski definition) is 2. The van der Waals surface area contributed by atoms with Gasteiger partial charge in [-0.25, -0.2) is 0 Å². The Bertz CT molecular complexity index is 161. The highest BCUT2D eigenvalue weighted by molar-refractivity contribution is 5.02. The number of nitrogens with one attached hydrogen (secondary N) is 1. The van der Waals surface area contributed by atoms with Crippen LogP contribution in [0.25, 0.3) is 0 Å². The molecule has 12 heavy (non-hydrogen) atoms. The zero-order chi connectivity index (χ0) is 8.60. The molecular weight excluding hydrogens is 150 g/mol. The van der Waals surface area contributed by atoms with Crippen LogP contribution in [0, 0.1) is 5.41 Å². The van der Waals surface area contributed by atoms with E-state index in [0.29, 0.717) is 11.5 Å². The van der Waals surface area contributed by atoms with Gasteiger partial charge in [0.25, 0.3) is 0 Å². The van der Waals surface area contributed by atoms with E-state index < -0.39 is 0 Å². The molecule has 0 aromatic rings. The first kappa shape index (κ1) is 8.52. The molecule has 2 atom stereocenters. The summed E-state index contributed by atoms with van der Waals surface area (Å²) >= 11 is 0. The monoisotopic (exact) mass is 169 g/mol. The van der Waals surface area contributed by atoms with Gasteiger partial charge in [-0.2, -0.15) is 0 Å². The Morgan fingerprint density at radius 1 is 1.42 bits per heavy atom. The molecule has 1 aliphatic heterocycles. The molecule has 0 amide bonds. The fraction of sp³-hybridized carbons (Fsp3) is 1.00. The van der Waals surface area contributed by atoms with Crippen LogP contribution in [0.1, 0.15) is 33.1 Å². The summed E-state index contributed by atoms with van der Waals surface area (Å²) in [7, 11) is 0. The van der Waals surface area contributed by atoms with E-state index in [9.17, 15) is 0 Å². The van der Waals surface area contributed by atoms with E-state index in [1.54, 1.807) is 0 Å². The van der Waals surface area contributed by atoms with Gasteiger partial charge in [-0.05, 0) is 24.7 Å². The van der Waals surface area contributed by atoms with Gasteiger partial charge < -0.3 is 10.1 Å². The lowest BCUT2D eigenvalue weighted by Crippen LogP contribution is -2.39. The highest BCUT2D eigenvalue weighted by atomic mass is 16.5. The van der Waals surface area contributed by atoms with Gasteiger partial charge >= 0.3 is 0 Å². The predicted octanol–water partition coefficient (Wildman–Crippen LogP) is 1.55. The van der Waals surface area contributed by atoms with E-state index in [2.05, 4.69) is 19.2 Å². The van der Waals surface area contributed by atoms with Gasteiger partial charge in [0.2, 0.25) is 0 Å². The normalized spacial score (nSPS) is 39.5. The molecule has 0 aromatic heterocycles. The Kier molecular flexibility index (Phi) is 2.13. The van der Waals surface area contributed by atoms with Crippen LogP contribution in [-0.2, 0) is 4.74 Å². The highest BCUT2D eigenvalue weighted by Gasteiger charge is 2.46. The van der Waals surface area contributed by atoms with Gasteiger partial charge in [-0.15, -0.1) is 0 Å². The van der Waals surface area contributed by atoms with Crippen molar-refractivity contribution in [2.45, 2.75) is 45.2 Å². The van der Waals surface area contributed by atoms with E-state index >= 15 is 0 Å². The molecule has 1 heterocycles. The fourth-order valence-corrected chi connectivity index (χ4v) is 1.91. The lowest BCUT2D eigenvalue weighted by Gasteiger charge is -2.23. The predicted molar refractivity (Wildman–Crippen MR) is 49.2 cm³/mol. The van der Waals surface area contributed by atoms with Gasteiger partial charge in [0.05, 0.1) is 6.61 Å². The van der Waals surface area contributed by atoms with Crippen LogP contribution >= 0.6 is 0 Å². The fourth-order valence-electron chi connectivity index (χ4n) is 1.91. The highest BCUT2D eigenvalue weighted by Crippen LogP contribution is 2.45. The Balaban J connectivity index is 1.73. The molecule has 2 unspecified atom stereocenters. The summed E-state index contributed by atoms with van der Waals surface area (Å²) < 4.78 is 5.42. The molecule has 1 saturated heterocycles. The Hall–Kier alpha value is -0.0800. The maximum atomic E-state index is 5.42. The summed E-state index contributed by atoms with van der Waals surface area (Å²) in [5, 5.41) is 3.66. The van der Waals surface area contributed by atoms with E-state index in [1.165, 1.54) is 19.3 Å². The van der Waals surface area contributed by atoms with Crippen LogP contribution in [0.4, 0.5) is 0 Å². The smallest absolute Gasteiger partial charge is 0.0619 e. The third-order valence-corrected chi connectivity index (χ3v) is 3.11. The lowest BCUT2D eigenvalue weighted by atomic mass is 10.1. The minimum Gasteiger partial charge on any atom is -0.380 e. The molecule has 1 aliphatic carbocycles. The van der Waals surface area contributed by atoms with E-state index in [1.807, 2.05) is 0 Å². The van der Waals surface area contributed by atoms with Crippen molar-refractivity contribution in [3.05, 3.63) is 0 Å². The van der Waals surface area contributed by atoms with Crippen LogP contribution in [0.3, 0.4) is 0 Å². The van der Waals surface area contributed by atoms with E-state index in [4.69, 9.17) is 4.74 Å². The molecule has 0 radical (unpaired) electrons. The summed E-state index contributed by atoms with van der Waals surface area (Å²) in [6.07, 6.45) is 3.86. The number of ether oxygens (including phenoxy) is 1. The van der Waals surface area contributed by atoms with Crippen molar-refractivity contribution in [3.63, 3.8) is 0 Å². The maximum absolute atomic E-state index is 5.42. The summed E-state index contributed by atoms with van der Waals surface area (Å²) in [5.74, 6) is 0. The molecule has 1 N–H and O–H groups in total. The molecule has 0 aromatic carbocycles. The quantitative estimate of drug-likeness (QED) is 0.677. The minimum absolute atomic E-state index is 0.553. The third kappa shape index (κ3) is 1.80. The van der Waals surface area contributed by atoms with Crippen LogP contribution < -0.4 is 5.32 Å². The topological polar surface area (TPSA) is 21.3 Å². The Labute approximate surface area is 74.7 Å². The van der Waals surface area contributed by atoms with Crippen LogP contribution in [0.2, 0.25) is 0 Å². The maximum Gasteiger partial charge on any atom is 0.0619 e. The zero-order valence-corrected chi connectivity index (χ0v) is 8.10. The Morgan fingerprint density at radius 2 is 2.17 bits per heavy atom. The van der Waals surface area contributed by atoms with Crippen molar-refractivity contribution in [1.82, 2.24) is 5.32 Å². The van der Waals surface area contributed by atoms with Gasteiger partial charge in [0, 0.05) is 18.7 Å². The summed E-state index contributed by atoms with van der Waals surface area (Å²) in [4.78, 5) is 0. The largest absolute Gasteiger partial charge is 0.380 e. The third-order valence-electron chi connectivity index (χ3n) is 3.11. The van der Waals surface area contributed by atoms with E-state index in [-0.39, 0.29) is 0 Å². The van der Waals surface area contributed by atoms with Gasteiger partial charge in [-0.3, -0.25) is 0 Å². The molecule has 70 valence electrons. The Morgan fingerprint density at radius 3 is 2.67 bits per heavy atom. The second-order valence-corrected chi connectivity index (χ2v) is 4.83. The van der Waals surface area contributed by atoms with Crippen molar-refractivity contribution in [3.8, 4) is 0 Å². The lowest BCUT2D eigenvalue weighted by molar-refractivity contribution is 0.0688. The molecule has 2 heteroatoms. The molecule has 2 rings (SSSR count). The van der Waals surface area contributed by atoms with Crippen LogP contribution in [0.5, 0.6) is 0 Å². The van der Waals surface area contributed by atoms with E-state index in [0.717, 1.165) is 19.3 Å². The molecule has 0 spiro atoms. The molecule has 0 bridgehead atoms. The van der Waals surface area contributed by atoms with Gasteiger partial charge in [-0.1, -0.05) is 13.8 Å². The van der Waals surface area contributed by atoms with Crippen molar-refractivity contribution in [2.75, 3.05) is 13.2 Å². The van der Waals surface area contributed by atoms with Crippen LogP contribution in [0.15, 0.2) is 0 Å². The average molecular weight is 169 g/mol. The number of rotatable bonds is 2. The first-order chi connectivity index (χ1) is 5.68. The molecule has 2 nitrogen and oxygen atoms in total. The first-order valence-electron chi connectivity index (χ1n) is 5.02. The van der Waals surface area contributed by atoms with Crippen molar-refractivity contribution in [2.24, 2.45) is 5.41 Å². The average Bonchev–Trinajstić information content (AvgIpc) is 2.61. The van der Waals surface area contributed by atoms with Gasteiger partial charge in [0.1, 0.15) is 0 Å². The van der Waals surface area contributed by atoms with Crippen molar-refractivity contribution >= 4 is 0 Å². The molecule has 2 aliphatic rings. The molecule has 1 saturated carbocycles. The molecular formula is C10H19NO. The summed E-state index contributed by atoms with van der Waals surface area (Å²) in [6, 6.07) is 1.38. The zero-order valence-electron chi connectivity index (χ0n) is 8.10. The van der Waals surface area contributed by atoms with Crippen LogP contribution in [-0.4, -0.2) is 25.3 Å². The SMILES string of the molecule is CC1(C)CC1NC1CCCOC1. The van der Waals surface area contributed by atoms with Gasteiger partial charge in [0.15, 0.2) is 0 Å². The second-order valence-electron chi connectivity index (χ2n) is 4.83. The number of hydrogen-bond donors (Lipinski definition) is 1. The minimum atomic E-state index is 0.553. The summed E-state index contributed by atoms with van der Waals surface area (Å²) in [5.41, 5.74) is 0.553. The second kappa shape index (κ2) is 3.00. The first-order valence-corrected chi connectivity index (χ1v) is 5.02. The standard InChI is InChI=1S/C10H19NO/c1-10(2)6-9(10)11-8-4-3-5-12-7-8/h8-9,11H,3-7H2,1-2H3. The van der Waals surface area contributed by atoms with Crippen molar-refractivity contribution < 1.29 is 4.74 Å². The summed E-state index contributed by atoms with van der Waals surface area (Å²) in [6.45, 7) is 6.54.